The molecule has 7 heteroatoms. The highest BCUT2D eigenvalue weighted by atomic mass is 35.5. The number of nitrogens with one attached hydrogen (secondary N) is 2. The summed E-state index contributed by atoms with van der Waals surface area (Å²) < 4.78 is 0. The van der Waals surface area contributed by atoms with E-state index in [4.69, 9.17) is 5.73 Å². The molecular formula is C16H31ClN4O2. The van der Waals surface area contributed by atoms with Crippen LogP contribution in [0, 0.1) is 0 Å². The van der Waals surface area contributed by atoms with Crippen LogP contribution in [0.4, 0.5) is 4.79 Å². The number of carbonyl (C=O) groups excluding carboxylic acids is 2. The van der Waals surface area contributed by atoms with Gasteiger partial charge in [0.15, 0.2) is 0 Å². The van der Waals surface area contributed by atoms with Gasteiger partial charge in [-0.25, -0.2) is 4.79 Å². The molecule has 1 aliphatic carbocycles. The lowest BCUT2D eigenvalue weighted by Crippen LogP contribution is -2.53. The molecule has 2 rings (SSSR count). The number of hydrogen-bond acceptors (Lipinski definition) is 3. The summed E-state index contributed by atoms with van der Waals surface area (Å²) >= 11 is 0. The van der Waals surface area contributed by atoms with E-state index in [1.807, 2.05) is 11.8 Å². The maximum Gasteiger partial charge on any atom is 0.315 e. The molecule has 0 unspecified atom stereocenters. The third kappa shape index (κ3) is 6.18. The quantitative estimate of drug-likeness (QED) is 0.725. The van der Waals surface area contributed by atoms with Gasteiger partial charge in [0.05, 0.1) is 6.04 Å². The van der Waals surface area contributed by atoms with Crippen molar-refractivity contribution >= 4 is 24.3 Å². The summed E-state index contributed by atoms with van der Waals surface area (Å²) in [5.41, 5.74) is 5.80. The highest BCUT2D eigenvalue weighted by Gasteiger charge is 2.26. The van der Waals surface area contributed by atoms with Gasteiger partial charge in [-0.15, -0.1) is 12.4 Å². The van der Waals surface area contributed by atoms with Crippen molar-refractivity contribution in [3.63, 3.8) is 0 Å². The number of hydrogen-bond donors (Lipinski definition) is 3. The van der Waals surface area contributed by atoms with Crippen LogP contribution in [0.2, 0.25) is 0 Å². The molecule has 2 fully saturated rings. The Morgan fingerprint density at radius 1 is 1.04 bits per heavy atom. The summed E-state index contributed by atoms with van der Waals surface area (Å²) in [5.74, 6) is 0.0348. The van der Waals surface area contributed by atoms with Crippen LogP contribution < -0.4 is 16.4 Å². The van der Waals surface area contributed by atoms with Crippen molar-refractivity contribution in [3.05, 3.63) is 0 Å². The maximum atomic E-state index is 12.0. The number of halogens is 1. The van der Waals surface area contributed by atoms with Crippen molar-refractivity contribution in [2.24, 2.45) is 5.73 Å². The number of nitrogens with zero attached hydrogens (tertiary/aromatic N) is 1. The van der Waals surface area contributed by atoms with Crippen molar-refractivity contribution in [2.75, 3.05) is 13.1 Å². The second-order valence-electron chi connectivity index (χ2n) is 6.57. The highest BCUT2D eigenvalue weighted by molar-refractivity contribution is 5.85. The molecule has 23 heavy (non-hydrogen) atoms. The fourth-order valence-electron chi connectivity index (χ4n) is 3.31. The van der Waals surface area contributed by atoms with Crippen molar-refractivity contribution in [1.29, 1.82) is 0 Å². The van der Waals surface area contributed by atoms with E-state index in [9.17, 15) is 9.59 Å². The number of urea groups is 1. The predicted molar refractivity (Wildman–Crippen MR) is 93.7 cm³/mol. The summed E-state index contributed by atoms with van der Waals surface area (Å²) in [6.07, 6.45) is 8.17. The van der Waals surface area contributed by atoms with Gasteiger partial charge in [0.1, 0.15) is 0 Å². The number of piperidine rings is 1. The second-order valence-corrected chi connectivity index (χ2v) is 6.57. The van der Waals surface area contributed by atoms with E-state index in [1.165, 1.54) is 19.3 Å². The predicted octanol–water partition coefficient (Wildman–Crippen LogP) is 1.77. The average Bonchev–Trinajstić information content (AvgIpc) is 2.55. The molecule has 134 valence electrons. The summed E-state index contributed by atoms with van der Waals surface area (Å²) in [7, 11) is 0. The van der Waals surface area contributed by atoms with Gasteiger partial charge in [0, 0.05) is 25.2 Å². The summed E-state index contributed by atoms with van der Waals surface area (Å²) in [4.78, 5) is 25.9. The Hall–Kier alpha value is -1.01. The second kappa shape index (κ2) is 9.98. The Bertz CT molecular complexity index is 380. The van der Waals surface area contributed by atoms with Crippen molar-refractivity contribution < 1.29 is 9.59 Å². The third-order valence-corrected chi connectivity index (χ3v) is 4.84. The lowest BCUT2D eigenvalue weighted by molar-refractivity contribution is -0.133. The van der Waals surface area contributed by atoms with E-state index in [2.05, 4.69) is 10.6 Å². The molecular weight excluding hydrogens is 316 g/mol. The zero-order valence-electron chi connectivity index (χ0n) is 14.1. The molecule has 1 atom stereocenters. The molecule has 1 saturated heterocycles. The molecule has 0 bridgehead atoms. The standard InChI is InChI=1S/C16H30N4O2.ClH/c1-2-14(17)15(21)20-10-8-13(9-11-20)19-16(22)18-12-6-4-3-5-7-12;/h12-14H,2-11,17H2,1H3,(H2,18,19,22);1H/t14-;/m0./s1. The Morgan fingerprint density at radius 2 is 1.57 bits per heavy atom. The van der Waals surface area contributed by atoms with Crippen LogP contribution in [-0.2, 0) is 4.79 Å². The molecule has 6 nitrogen and oxygen atoms in total. The number of likely N-dealkylation sites (tertiary alicyclic amines) is 1. The minimum atomic E-state index is -0.390. The van der Waals surface area contributed by atoms with E-state index in [1.54, 1.807) is 0 Å². The molecule has 1 saturated carbocycles. The molecule has 0 aromatic carbocycles. The monoisotopic (exact) mass is 346 g/mol. The first-order valence-electron chi connectivity index (χ1n) is 8.71. The number of amides is 3. The Morgan fingerprint density at radius 3 is 2.09 bits per heavy atom. The molecule has 0 spiro atoms. The zero-order chi connectivity index (χ0) is 15.9. The lowest BCUT2D eigenvalue weighted by Gasteiger charge is -2.34. The largest absolute Gasteiger partial charge is 0.341 e. The Kier molecular flexibility index (Phi) is 8.69. The molecule has 0 aromatic rings. The number of nitrogens with two attached hydrogens (primary N) is 1. The maximum absolute atomic E-state index is 12.0. The molecule has 0 aromatic heterocycles. The van der Waals surface area contributed by atoms with Gasteiger partial charge in [0.2, 0.25) is 5.91 Å². The van der Waals surface area contributed by atoms with Crippen LogP contribution in [0.1, 0.15) is 58.3 Å². The van der Waals surface area contributed by atoms with Crippen LogP contribution in [0.15, 0.2) is 0 Å². The zero-order valence-corrected chi connectivity index (χ0v) is 14.9. The van der Waals surface area contributed by atoms with Gasteiger partial charge in [-0.05, 0) is 32.1 Å². The first-order valence-corrected chi connectivity index (χ1v) is 8.71. The fourth-order valence-corrected chi connectivity index (χ4v) is 3.31. The average molecular weight is 347 g/mol. The van der Waals surface area contributed by atoms with Gasteiger partial charge >= 0.3 is 6.03 Å². The molecule has 1 heterocycles. The van der Waals surface area contributed by atoms with Crippen LogP contribution in [0.5, 0.6) is 0 Å². The number of rotatable bonds is 4. The number of carbonyl (C=O) groups is 2. The first-order chi connectivity index (χ1) is 10.6. The van der Waals surface area contributed by atoms with Gasteiger partial charge in [-0.3, -0.25) is 4.79 Å². The van der Waals surface area contributed by atoms with Crippen LogP contribution in [0.3, 0.4) is 0 Å². The van der Waals surface area contributed by atoms with Crippen LogP contribution >= 0.6 is 12.4 Å². The van der Waals surface area contributed by atoms with E-state index >= 15 is 0 Å². The minimum Gasteiger partial charge on any atom is -0.341 e. The highest BCUT2D eigenvalue weighted by Crippen LogP contribution is 2.17. The van der Waals surface area contributed by atoms with Gasteiger partial charge < -0.3 is 21.3 Å². The third-order valence-electron chi connectivity index (χ3n) is 4.84. The molecule has 4 N–H and O–H groups in total. The summed E-state index contributed by atoms with van der Waals surface area (Å²) in [6.45, 7) is 3.29. The molecule has 2 aliphatic rings. The van der Waals surface area contributed by atoms with Crippen LogP contribution in [0.25, 0.3) is 0 Å². The smallest absolute Gasteiger partial charge is 0.315 e. The topological polar surface area (TPSA) is 87.5 Å². The summed E-state index contributed by atoms with van der Waals surface area (Å²) in [6, 6.07) is 0.0458. The first kappa shape index (κ1) is 20.0. The van der Waals surface area contributed by atoms with E-state index in [-0.39, 0.29) is 36.4 Å². The van der Waals surface area contributed by atoms with Gasteiger partial charge in [0.25, 0.3) is 0 Å². The van der Waals surface area contributed by atoms with Crippen LogP contribution in [-0.4, -0.2) is 48.1 Å². The minimum absolute atomic E-state index is 0. The van der Waals surface area contributed by atoms with Gasteiger partial charge in [-0.2, -0.15) is 0 Å². The van der Waals surface area contributed by atoms with Crippen molar-refractivity contribution in [2.45, 2.75) is 76.4 Å². The van der Waals surface area contributed by atoms with Crippen molar-refractivity contribution in [3.8, 4) is 0 Å². The van der Waals surface area contributed by atoms with E-state index < -0.39 is 0 Å². The normalized spacial score (nSPS) is 21.2. The molecule has 1 aliphatic heterocycles. The van der Waals surface area contributed by atoms with Crippen molar-refractivity contribution in [1.82, 2.24) is 15.5 Å². The molecule has 0 radical (unpaired) electrons. The SMILES string of the molecule is CC[C@H](N)C(=O)N1CCC(NC(=O)NC2CCCCC2)CC1.Cl. The fraction of sp³-hybridized carbons (Fsp3) is 0.875. The van der Waals surface area contributed by atoms with E-state index in [0.29, 0.717) is 25.6 Å². The summed E-state index contributed by atoms with van der Waals surface area (Å²) in [5, 5.41) is 6.13. The van der Waals surface area contributed by atoms with Gasteiger partial charge in [-0.1, -0.05) is 26.2 Å². The Labute approximate surface area is 145 Å². The molecule has 3 amide bonds. The lowest BCUT2D eigenvalue weighted by atomic mass is 9.96. The Balaban J connectivity index is 0.00000264. The van der Waals surface area contributed by atoms with E-state index in [0.717, 1.165) is 25.7 Å².